The average Bonchev–Trinajstić information content (AvgIpc) is 2.43. The van der Waals surface area contributed by atoms with Gasteiger partial charge < -0.3 is 21.1 Å². The quantitative estimate of drug-likeness (QED) is 0.579. The van der Waals surface area contributed by atoms with E-state index in [1.165, 1.54) is 0 Å². The number of nitrogens with one attached hydrogen (secondary N) is 3. The Morgan fingerprint density at radius 2 is 1.81 bits per heavy atom. The summed E-state index contributed by atoms with van der Waals surface area (Å²) in [7, 11) is 0. The Labute approximate surface area is 124 Å². The van der Waals surface area contributed by atoms with Crippen molar-refractivity contribution in [3.8, 4) is 0 Å². The Balaban J connectivity index is 2.32. The summed E-state index contributed by atoms with van der Waals surface area (Å²) >= 11 is 0. The van der Waals surface area contributed by atoms with Crippen LogP contribution in [-0.2, 0) is 9.59 Å². The first-order valence-electron chi connectivity index (χ1n) is 7.44. The predicted molar refractivity (Wildman–Crippen MR) is 77.8 cm³/mol. The Morgan fingerprint density at radius 3 is 2.43 bits per heavy atom. The molecule has 0 spiro atoms. The zero-order chi connectivity index (χ0) is 15.8. The maximum absolute atomic E-state index is 11.7. The molecule has 0 aromatic heterocycles. The molecule has 1 rings (SSSR count). The van der Waals surface area contributed by atoms with Crippen LogP contribution in [0.1, 0.15) is 39.5 Å². The summed E-state index contributed by atoms with van der Waals surface area (Å²) in [5, 5.41) is 16.9. The van der Waals surface area contributed by atoms with Crippen molar-refractivity contribution in [1.29, 1.82) is 0 Å². The molecule has 120 valence electrons. The van der Waals surface area contributed by atoms with Crippen molar-refractivity contribution < 1.29 is 19.5 Å². The van der Waals surface area contributed by atoms with Gasteiger partial charge in [-0.05, 0) is 18.8 Å². The second-order valence-corrected chi connectivity index (χ2v) is 5.86. The van der Waals surface area contributed by atoms with Crippen LogP contribution in [0.4, 0.5) is 4.79 Å². The van der Waals surface area contributed by atoms with Gasteiger partial charge in [-0.25, -0.2) is 4.79 Å². The molecular weight excluding hydrogens is 274 g/mol. The molecular formula is C14H25N3O4. The molecule has 0 saturated heterocycles. The van der Waals surface area contributed by atoms with E-state index in [0.29, 0.717) is 25.3 Å². The van der Waals surface area contributed by atoms with Gasteiger partial charge in [-0.2, -0.15) is 0 Å². The molecule has 1 fully saturated rings. The first-order valence-corrected chi connectivity index (χ1v) is 7.44. The molecule has 21 heavy (non-hydrogen) atoms. The molecule has 0 radical (unpaired) electrons. The van der Waals surface area contributed by atoms with Crippen molar-refractivity contribution >= 4 is 17.9 Å². The highest BCUT2D eigenvalue weighted by atomic mass is 16.4. The fourth-order valence-corrected chi connectivity index (χ4v) is 2.36. The van der Waals surface area contributed by atoms with E-state index in [4.69, 9.17) is 5.11 Å². The van der Waals surface area contributed by atoms with Crippen LogP contribution in [0.3, 0.4) is 0 Å². The molecule has 7 nitrogen and oxygen atoms in total. The third-order valence-corrected chi connectivity index (χ3v) is 3.52. The van der Waals surface area contributed by atoms with Crippen LogP contribution in [0.25, 0.3) is 0 Å². The number of rotatable bonds is 6. The highest BCUT2D eigenvalue weighted by Crippen LogP contribution is 2.24. The maximum Gasteiger partial charge on any atom is 0.315 e. The van der Waals surface area contributed by atoms with E-state index >= 15 is 0 Å². The van der Waals surface area contributed by atoms with Crippen LogP contribution >= 0.6 is 0 Å². The monoisotopic (exact) mass is 299 g/mol. The van der Waals surface area contributed by atoms with Gasteiger partial charge in [-0.1, -0.05) is 26.7 Å². The molecule has 3 amide bonds. The lowest BCUT2D eigenvalue weighted by Gasteiger charge is -2.29. The van der Waals surface area contributed by atoms with Crippen LogP contribution < -0.4 is 16.0 Å². The summed E-state index contributed by atoms with van der Waals surface area (Å²) < 4.78 is 0. The van der Waals surface area contributed by atoms with Gasteiger partial charge in [0.25, 0.3) is 0 Å². The number of carbonyl (C=O) groups excluding carboxylic acids is 2. The number of amides is 3. The lowest BCUT2D eigenvalue weighted by molar-refractivity contribution is -0.143. The van der Waals surface area contributed by atoms with Gasteiger partial charge >= 0.3 is 12.0 Å². The lowest BCUT2D eigenvalue weighted by Crippen LogP contribution is -2.50. The average molecular weight is 299 g/mol. The minimum atomic E-state index is -0.880. The maximum atomic E-state index is 11.7. The standard InChI is InChI=1S/C14H25N3O4/c1-9(2)7-15-12(18)8-16-14(21)17-11-6-4-3-5-10(11)13(19)20/h9-11H,3-8H2,1-2H3,(H,15,18)(H,19,20)(H2,16,17,21). The molecule has 0 aromatic carbocycles. The van der Waals surface area contributed by atoms with Crippen molar-refractivity contribution in [1.82, 2.24) is 16.0 Å². The van der Waals surface area contributed by atoms with Crippen molar-refractivity contribution in [2.75, 3.05) is 13.1 Å². The number of carboxylic acids is 1. The van der Waals surface area contributed by atoms with Crippen LogP contribution in [0.15, 0.2) is 0 Å². The first-order chi connectivity index (χ1) is 9.90. The normalized spacial score (nSPS) is 21.7. The zero-order valence-electron chi connectivity index (χ0n) is 12.6. The molecule has 0 heterocycles. The molecule has 2 unspecified atom stereocenters. The van der Waals surface area contributed by atoms with Gasteiger partial charge in [0, 0.05) is 12.6 Å². The molecule has 0 bridgehead atoms. The molecule has 1 aliphatic carbocycles. The Morgan fingerprint density at radius 1 is 1.14 bits per heavy atom. The molecule has 0 aromatic rings. The summed E-state index contributed by atoms with van der Waals surface area (Å²) in [5.74, 6) is -1.33. The van der Waals surface area contributed by atoms with Crippen molar-refractivity contribution in [3.05, 3.63) is 0 Å². The molecule has 2 atom stereocenters. The summed E-state index contributed by atoms with van der Waals surface area (Å²) in [5.41, 5.74) is 0. The fraction of sp³-hybridized carbons (Fsp3) is 0.786. The van der Waals surface area contributed by atoms with Crippen LogP contribution in [0.2, 0.25) is 0 Å². The van der Waals surface area contributed by atoms with Gasteiger partial charge in [0.05, 0.1) is 12.5 Å². The van der Waals surface area contributed by atoms with Crippen LogP contribution in [-0.4, -0.2) is 42.1 Å². The van der Waals surface area contributed by atoms with E-state index in [9.17, 15) is 14.4 Å². The van der Waals surface area contributed by atoms with E-state index in [-0.39, 0.29) is 18.5 Å². The van der Waals surface area contributed by atoms with E-state index in [1.54, 1.807) is 0 Å². The molecule has 1 aliphatic rings. The van der Waals surface area contributed by atoms with Gasteiger partial charge in [0.15, 0.2) is 0 Å². The van der Waals surface area contributed by atoms with Crippen LogP contribution in [0.5, 0.6) is 0 Å². The number of carbonyl (C=O) groups is 3. The summed E-state index contributed by atoms with van der Waals surface area (Å²) in [6.07, 6.45) is 3.01. The molecule has 7 heteroatoms. The first kappa shape index (κ1) is 17.3. The summed E-state index contributed by atoms with van der Waals surface area (Å²) in [6, 6.07) is -0.858. The summed E-state index contributed by atoms with van der Waals surface area (Å²) in [4.78, 5) is 34.3. The zero-order valence-corrected chi connectivity index (χ0v) is 12.6. The van der Waals surface area contributed by atoms with Gasteiger partial charge in [-0.15, -0.1) is 0 Å². The smallest absolute Gasteiger partial charge is 0.315 e. The number of aliphatic carboxylic acids is 1. The van der Waals surface area contributed by atoms with Crippen molar-refractivity contribution in [2.45, 2.75) is 45.6 Å². The SMILES string of the molecule is CC(C)CNC(=O)CNC(=O)NC1CCCCC1C(=O)O. The van der Waals surface area contributed by atoms with E-state index < -0.39 is 17.9 Å². The van der Waals surface area contributed by atoms with E-state index in [1.807, 2.05) is 13.8 Å². The Bertz CT molecular complexity index is 384. The Hall–Kier alpha value is -1.79. The minimum absolute atomic E-state index is 0.108. The van der Waals surface area contributed by atoms with E-state index in [2.05, 4.69) is 16.0 Å². The Kier molecular flexibility index (Phi) is 6.98. The van der Waals surface area contributed by atoms with E-state index in [0.717, 1.165) is 12.8 Å². The highest BCUT2D eigenvalue weighted by molar-refractivity contribution is 5.84. The second kappa shape index (κ2) is 8.49. The van der Waals surface area contributed by atoms with Gasteiger partial charge in [0.2, 0.25) is 5.91 Å². The summed E-state index contributed by atoms with van der Waals surface area (Å²) in [6.45, 7) is 4.42. The number of carboxylic acid groups (broad SMARTS) is 1. The van der Waals surface area contributed by atoms with Crippen LogP contribution in [0, 0.1) is 11.8 Å². The largest absolute Gasteiger partial charge is 0.481 e. The number of urea groups is 1. The molecule has 4 N–H and O–H groups in total. The van der Waals surface area contributed by atoms with Gasteiger partial charge in [0.1, 0.15) is 0 Å². The lowest BCUT2D eigenvalue weighted by atomic mass is 9.84. The topological polar surface area (TPSA) is 108 Å². The highest BCUT2D eigenvalue weighted by Gasteiger charge is 2.31. The molecule has 0 aliphatic heterocycles. The predicted octanol–water partition coefficient (Wildman–Crippen LogP) is 0.701. The minimum Gasteiger partial charge on any atom is -0.481 e. The number of hydrogen-bond acceptors (Lipinski definition) is 3. The third-order valence-electron chi connectivity index (χ3n) is 3.52. The number of hydrogen-bond donors (Lipinski definition) is 4. The fourth-order valence-electron chi connectivity index (χ4n) is 2.36. The van der Waals surface area contributed by atoms with Crippen molar-refractivity contribution in [3.63, 3.8) is 0 Å². The molecule has 1 saturated carbocycles. The second-order valence-electron chi connectivity index (χ2n) is 5.86. The van der Waals surface area contributed by atoms with Crippen molar-refractivity contribution in [2.24, 2.45) is 11.8 Å². The van der Waals surface area contributed by atoms with Gasteiger partial charge in [-0.3, -0.25) is 9.59 Å². The third kappa shape index (κ3) is 6.46.